The second-order valence-corrected chi connectivity index (χ2v) is 4.87. The van der Waals surface area contributed by atoms with Crippen molar-refractivity contribution in [3.63, 3.8) is 0 Å². The van der Waals surface area contributed by atoms with E-state index in [-0.39, 0.29) is 5.91 Å². The van der Waals surface area contributed by atoms with Gasteiger partial charge in [0.25, 0.3) is 5.91 Å². The molecule has 106 valence electrons. The minimum absolute atomic E-state index is 0.243. The molecule has 0 aliphatic rings. The summed E-state index contributed by atoms with van der Waals surface area (Å²) >= 11 is 5.80. The van der Waals surface area contributed by atoms with E-state index in [0.717, 1.165) is 11.3 Å². The largest absolute Gasteiger partial charge is 0.356 e. The van der Waals surface area contributed by atoms with Gasteiger partial charge in [-0.25, -0.2) is 9.67 Å². The molecular weight excluding hydrogens is 290 g/mol. The van der Waals surface area contributed by atoms with Gasteiger partial charge in [-0.05, 0) is 17.7 Å². The highest BCUT2D eigenvalue weighted by molar-refractivity contribution is 6.31. The predicted molar refractivity (Wildman–Crippen MR) is 79.3 cm³/mol. The molecule has 2 N–H and O–H groups in total. The van der Waals surface area contributed by atoms with Crippen molar-refractivity contribution in [3.05, 3.63) is 65.5 Å². The second-order valence-electron chi connectivity index (χ2n) is 4.44. The number of H-pyrrole nitrogens is 1. The number of para-hydroxylation sites is 1. The van der Waals surface area contributed by atoms with Crippen molar-refractivity contribution in [1.29, 1.82) is 0 Å². The Morgan fingerprint density at radius 2 is 2.24 bits per heavy atom. The summed E-state index contributed by atoms with van der Waals surface area (Å²) in [6.45, 7) is 0.530. The lowest BCUT2D eigenvalue weighted by atomic mass is 10.1. The molecule has 0 radical (unpaired) electrons. The molecule has 6 nitrogen and oxygen atoms in total. The molecular formula is C14H12ClN5O. The second kappa shape index (κ2) is 5.80. The topological polar surface area (TPSA) is 75.6 Å². The van der Waals surface area contributed by atoms with Gasteiger partial charge >= 0.3 is 0 Å². The number of nitrogens with one attached hydrogen (secondary N) is 2. The van der Waals surface area contributed by atoms with Crippen LogP contribution in [0.3, 0.4) is 0 Å². The van der Waals surface area contributed by atoms with Crippen molar-refractivity contribution in [1.82, 2.24) is 19.7 Å². The molecule has 3 rings (SSSR count). The summed E-state index contributed by atoms with van der Waals surface area (Å²) in [5.74, 6) is -0.243. The summed E-state index contributed by atoms with van der Waals surface area (Å²) in [4.78, 5) is 18.9. The number of aromatic nitrogens is 4. The maximum Gasteiger partial charge on any atom is 0.272 e. The Morgan fingerprint density at radius 3 is 2.95 bits per heavy atom. The SMILES string of the molecule is O=C(Nc1ccccc1Cn1cncn1)c1cc(Cl)c[nH]1. The Hall–Kier alpha value is -2.60. The molecule has 0 saturated carbocycles. The van der Waals surface area contributed by atoms with Crippen LogP contribution in [0.1, 0.15) is 16.1 Å². The zero-order valence-electron chi connectivity index (χ0n) is 11.0. The molecule has 0 fully saturated rings. The van der Waals surface area contributed by atoms with Crippen molar-refractivity contribution in [2.75, 3.05) is 5.32 Å². The maximum atomic E-state index is 12.1. The van der Waals surface area contributed by atoms with E-state index in [1.165, 1.54) is 6.33 Å². The number of carbonyl (C=O) groups is 1. The van der Waals surface area contributed by atoms with Gasteiger partial charge in [0.15, 0.2) is 0 Å². The third-order valence-electron chi connectivity index (χ3n) is 2.96. The molecule has 21 heavy (non-hydrogen) atoms. The fraction of sp³-hybridized carbons (Fsp3) is 0.0714. The van der Waals surface area contributed by atoms with Crippen molar-refractivity contribution in [2.45, 2.75) is 6.54 Å². The van der Waals surface area contributed by atoms with Gasteiger partial charge in [-0.3, -0.25) is 4.79 Å². The summed E-state index contributed by atoms with van der Waals surface area (Å²) < 4.78 is 1.69. The maximum absolute atomic E-state index is 12.1. The zero-order chi connectivity index (χ0) is 14.7. The van der Waals surface area contributed by atoms with E-state index in [1.54, 1.807) is 23.3 Å². The highest BCUT2D eigenvalue weighted by Crippen LogP contribution is 2.18. The monoisotopic (exact) mass is 301 g/mol. The number of halogens is 1. The van der Waals surface area contributed by atoms with E-state index in [9.17, 15) is 4.79 Å². The van der Waals surface area contributed by atoms with Crippen LogP contribution in [0.4, 0.5) is 5.69 Å². The number of anilines is 1. The Bertz CT molecular complexity index is 750. The van der Waals surface area contributed by atoms with Crippen LogP contribution in [0.15, 0.2) is 49.2 Å². The van der Waals surface area contributed by atoms with Crippen LogP contribution >= 0.6 is 11.6 Å². The average molecular weight is 302 g/mol. The van der Waals surface area contributed by atoms with Crippen LogP contribution < -0.4 is 5.32 Å². The van der Waals surface area contributed by atoms with Crippen LogP contribution in [0, 0.1) is 0 Å². The molecule has 0 aliphatic heterocycles. The predicted octanol–water partition coefficient (Wildman–Crippen LogP) is 2.56. The van der Waals surface area contributed by atoms with E-state index in [2.05, 4.69) is 20.4 Å². The van der Waals surface area contributed by atoms with Crippen molar-refractivity contribution in [3.8, 4) is 0 Å². The van der Waals surface area contributed by atoms with Gasteiger partial charge in [0.2, 0.25) is 0 Å². The van der Waals surface area contributed by atoms with Gasteiger partial charge in [0.1, 0.15) is 18.3 Å². The summed E-state index contributed by atoms with van der Waals surface area (Å²) in [7, 11) is 0. The van der Waals surface area contributed by atoms with Crippen molar-refractivity contribution < 1.29 is 4.79 Å². The van der Waals surface area contributed by atoms with Crippen LogP contribution in [0.2, 0.25) is 5.02 Å². The average Bonchev–Trinajstić information content (AvgIpc) is 3.12. The fourth-order valence-electron chi connectivity index (χ4n) is 1.96. The summed E-state index contributed by atoms with van der Waals surface area (Å²) in [5.41, 5.74) is 2.08. The molecule has 2 aromatic heterocycles. The van der Waals surface area contributed by atoms with E-state index in [1.807, 2.05) is 24.3 Å². The third-order valence-corrected chi connectivity index (χ3v) is 3.18. The van der Waals surface area contributed by atoms with Crippen LogP contribution in [-0.2, 0) is 6.54 Å². The Balaban J connectivity index is 1.80. The minimum Gasteiger partial charge on any atom is -0.356 e. The van der Waals surface area contributed by atoms with E-state index in [4.69, 9.17) is 11.6 Å². The van der Waals surface area contributed by atoms with E-state index in [0.29, 0.717) is 17.3 Å². The van der Waals surface area contributed by atoms with Gasteiger partial charge in [0.05, 0.1) is 11.6 Å². The molecule has 2 heterocycles. The molecule has 1 aromatic carbocycles. The number of nitrogens with zero attached hydrogens (tertiary/aromatic N) is 3. The smallest absolute Gasteiger partial charge is 0.272 e. The number of aromatic amines is 1. The molecule has 0 bridgehead atoms. The lowest BCUT2D eigenvalue weighted by Crippen LogP contribution is -2.14. The number of carbonyl (C=O) groups excluding carboxylic acids is 1. The molecule has 0 unspecified atom stereocenters. The number of hydrogen-bond acceptors (Lipinski definition) is 3. The van der Waals surface area contributed by atoms with Gasteiger partial charge in [-0.15, -0.1) is 0 Å². The molecule has 0 saturated heterocycles. The fourth-order valence-corrected chi connectivity index (χ4v) is 2.12. The third kappa shape index (κ3) is 3.11. The molecule has 7 heteroatoms. The zero-order valence-corrected chi connectivity index (χ0v) is 11.7. The van der Waals surface area contributed by atoms with Crippen LogP contribution in [0.25, 0.3) is 0 Å². The van der Waals surface area contributed by atoms with Crippen LogP contribution in [-0.4, -0.2) is 25.7 Å². The lowest BCUT2D eigenvalue weighted by molar-refractivity contribution is 0.102. The highest BCUT2D eigenvalue weighted by atomic mass is 35.5. The molecule has 0 aliphatic carbocycles. The standard InChI is InChI=1S/C14H12ClN5O/c15-11-5-13(17-6-11)14(21)19-12-4-2-1-3-10(12)7-20-9-16-8-18-20/h1-6,8-9,17H,7H2,(H,19,21). The van der Waals surface area contributed by atoms with E-state index >= 15 is 0 Å². The first-order valence-electron chi connectivity index (χ1n) is 6.28. The summed E-state index contributed by atoms with van der Waals surface area (Å²) in [5, 5.41) is 7.42. The first-order chi connectivity index (χ1) is 10.2. The molecule has 1 amide bonds. The first-order valence-corrected chi connectivity index (χ1v) is 6.66. The summed E-state index contributed by atoms with van der Waals surface area (Å²) in [6.07, 6.45) is 4.67. The van der Waals surface area contributed by atoms with Crippen molar-refractivity contribution >= 4 is 23.2 Å². The van der Waals surface area contributed by atoms with E-state index < -0.39 is 0 Å². The number of hydrogen-bond donors (Lipinski definition) is 2. The Morgan fingerprint density at radius 1 is 1.38 bits per heavy atom. The van der Waals surface area contributed by atoms with Gasteiger partial charge in [-0.2, -0.15) is 5.10 Å². The molecule has 0 spiro atoms. The normalized spacial score (nSPS) is 10.5. The molecule has 3 aromatic rings. The Kier molecular flexibility index (Phi) is 3.70. The summed E-state index contributed by atoms with van der Waals surface area (Å²) in [6, 6.07) is 9.13. The number of benzene rings is 1. The van der Waals surface area contributed by atoms with Gasteiger partial charge in [-0.1, -0.05) is 29.8 Å². The van der Waals surface area contributed by atoms with Gasteiger partial charge in [0, 0.05) is 11.9 Å². The quantitative estimate of drug-likeness (QED) is 0.777. The first kappa shape index (κ1) is 13.4. The number of amides is 1. The number of rotatable bonds is 4. The molecule has 0 atom stereocenters. The van der Waals surface area contributed by atoms with Crippen molar-refractivity contribution in [2.24, 2.45) is 0 Å². The lowest BCUT2D eigenvalue weighted by Gasteiger charge is -2.10. The Labute approximate surface area is 125 Å². The van der Waals surface area contributed by atoms with Gasteiger partial charge < -0.3 is 10.3 Å². The minimum atomic E-state index is -0.243. The highest BCUT2D eigenvalue weighted by Gasteiger charge is 2.11. The van der Waals surface area contributed by atoms with Crippen LogP contribution in [0.5, 0.6) is 0 Å².